The first-order valence-electron chi connectivity index (χ1n) is 9.96. The van der Waals surface area contributed by atoms with Crippen molar-refractivity contribution in [2.24, 2.45) is 9.98 Å². The Balaban J connectivity index is 1.58. The number of benzene rings is 2. The average Bonchev–Trinajstić information content (AvgIpc) is 3.37. The van der Waals surface area contributed by atoms with Crippen LogP contribution in [0.25, 0.3) is 5.70 Å². The molecule has 2 aliphatic heterocycles. The summed E-state index contributed by atoms with van der Waals surface area (Å²) in [6, 6.07) is 14.1. The predicted octanol–water partition coefficient (Wildman–Crippen LogP) is 4.41. The second-order valence-electron chi connectivity index (χ2n) is 7.52. The Bertz CT molecular complexity index is 1250. The predicted molar refractivity (Wildman–Crippen MR) is 121 cm³/mol. The molecule has 31 heavy (non-hydrogen) atoms. The first-order valence-corrected chi connectivity index (χ1v) is 9.96. The van der Waals surface area contributed by atoms with Gasteiger partial charge in [-0.2, -0.15) is 0 Å². The van der Waals surface area contributed by atoms with Crippen molar-refractivity contribution in [3.8, 4) is 0 Å². The van der Waals surface area contributed by atoms with Crippen LogP contribution in [-0.4, -0.2) is 22.4 Å². The normalized spacial score (nSPS) is 18.7. The Morgan fingerprint density at radius 3 is 2.71 bits per heavy atom. The maximum atomic E-state index is 14.0. The summed E-state index contributed by atoms with van der Waals surface area (Å²) < 4.78 is 14.0. The third-order valence-electron chi connectivity index (χ3n) is 5.21. The van der Waals surface area contributed by atoms with Crippen LogP contribution in [0.15, 0.2) is 100 Å². The molecule has 0 radical (unpaired) electrons. The highest BCUT2D eigenvalue weighted by Gasteiger charge is 2.35. The number of anilines is 1. The summed E-state index contributed by atoms with van der Waals surface area (Å²) in [5, 5.41) is 0. The van der Waals surface area contributed by atoms with Crippen molar-refractivity contribution < 1.29 is 9.18 Å². The van der Waals surface area contributed by atoms with Crippen LogP contribution in [0.2, 0.25) is 0 Å². The van der Waals surface area contributed by atoms with Gasteiger partial charge in [0.15, 0.2) is 5.84 Å². The van der Waals surface area contributed by atoms with Crippen molar-refractivity contribution >= 4 is 28.8 Å². The molecule has 0 atom stereocenters. The average molecular weight is 410 g/mol. The molecule has 5 nitrogen and oxygen atoms in total. The number of carbonyl (C=O) groups excluding carboxylic acids is 1. The molecule has 0 bridgehead atoms. The number of nitrogens with zero attached hydrogens (tertiary/aromatic N) is 3. The number of rotatable bonds is 4. The third-order valence-corrected chi connectivity index (χ3v) is 5.21. The summed E-state index contributed by atoms with van der Waals surface area (Å²) >= 11 is 0. The van der Waals surface area contributed by atoms with Crippen LogP contribution in [0.1, 0.15) is 17.5 Å². The number of allylic oxidation sites excluding steroid dienone is 5. The number of fused-ring (bicyclic) bond motifs is 1. The molecule has 3 aliphatic rings. The van der Waals surface area contributed by atoms with E-state index in [-0.39, 0.29) is 5.91 Å². The Morgan fingerprint density at radius 2 is 1.97 bits per heavy atom. The van der Waals surface area contributed by atoms with Crippen molar-refractivity contribution in [2.75, 3.05) is 5.73 Å². The fourth-order valence-corrected chi connectivity index (χ4v) is 3.75. The molecule has 152 valence electrons. The monoisotopic (exact) mass is 410 g/mol. The van der Waals surface area contributed by atoms with Crippen molar-refractivity contribution in [3.63, 3.8) is 0 Å². The number of amides is 1. The zero-order chi connectivity index (χ0) is 21.4. The van der Waals surface area contributed by atoms with Gasteiger partial charge in [-0.25, -0.2) is 14.4 Å². The van der Waals surface area contributed by atoms with Crippen LogP contribution < -0.4 is 5.73 Å². The lowest BCUT2D eigenvalue weighted by Gasteiger charge is -2.22. The van der Waals surface area contributed by atoms with Gasteiger partial charge in [0.25, 0.3) is 5.91 Å². The lowest BCUT2D eigenvalue weighted by Crippen LogP contribution is -2.36. The Labute approximate surface area is 179 Å². The zero-order valence-electron chi connectivity index (χ0n) is 16.6. The fourth-order valence-electron chi connectivity index (χ4n) is 3.75. The lowest BCUT2D eigenvalue weighted by molar-refractivity contribution is -0.120. The SMILES string of the molecule is Nc1cc(F)cc(C2=CN3C(=O)/C(=C/C4=CC=CC4)N=C3C(Cc3ccccc3)=N2)c1. The zero-order valence-corrected chi connectivity index (χ0v) is 16.6. The van der Waals surface area contributed by atoms with Crippen LogP contribution in [-0.2, 0) is 11.2 Å². The van der Waals surface area contributed by atoms with Crippen LogP contribution in [0.4, 0.5) is 10.1 Å². The molecule has 1 amide bonds. The summed E-state index contributed by atoms with van der Waals surface area (Å²) in [7, 11) is 0. The Kier molecular flexibility index (Phi) is 4.67. The van der Waals surface area contributed by atoms with Crippen molar-refractivity contribution in [2.45, 2.75) is 12.8 Å². The first kappa shape index (κ1) is 18.9. The molecule has 2 heterocycles. The molecular formula is C25H19FN4O. The van der Waals surface area contributed by atoms with Gasteiger partial charge >= 0.3 is 0 Å². The maximum absolute atomic E-state index is 14.0. The largest absolute Gasteiger partial charge is 0.399 e. The second-order valence-corrected chi connectivity index (χ2v) is 7.52. The number of hydrogen-bond acceptors (Lipinski definition) is 4. The van der Waals surface area contributed by atoms with Crippen LogP contribution in [0.3, 0.4) is 0 Å². The quantitative estimate of drug-likeness (QED) is 0.599. The van der Waals surface area contributed by atoms with E-state index in [1.807, 2.05) is 54.6 Å². The number of halogens is 1. The standard InChI is InChI=1S/C25H19FN4O/c26-19-12-18(13-20(27)14-19)23-15-30-24(21(28-23)10-16-6-2-1-3-7-16)29-22(25(30)31)11-17-8-4-5-9-17/h1-8,11-15H,9-10,27H2/b22-11-. The van der Waals surface area contributed by atoms with Gasteiger partial charge in [0.2, 0.25) is 0 Å². The number of hydrogen-bond donors (Lipinski definition) is 1. The highest BCUT2D eigenvalue weighted by Crippen LogP contribution is 2.30. The summed E-state index contributed by atoms with van der Waals surface area (Å²) in [4.78, 5) is 24.0. The van der Waals surface area contributed by atoms with Gasteiger partial charge in [0, 0.05) is 23.9 Å². The highest BCUT2D eigenvalue weighted by atomic mass is 19.1. The lowest BCUT2D eigenvalue weighted by atomic mass is 10.0. The molecule has 0 aromatic heterocycles. The Morgan fingerprint density at radius 1 is 1.13 bits per heavy atom. The molecule has 1 aliphatic carbocycles. The molecule has 0 spiro atoms. The summed E-state index contributed by atoms with van der Waals surface area (Å²) in [5.74, 6) is -0.186. The molecule has 0 unspecified atom stereocenters. The number of nitrogen functional groups attached to an aromatic ring is 1. The van der Waals surface area contributed by atoms with Crippen LogP contribution in [0, 0.1) is 5.82 Å². The van der Waals surface area contributed by atoms with E-state index >= 15 is 0 Å². The van der Waals surface area contributed by atoms with E-state index in [0.717, 1.165) is 17.6 Å². The molecule has 0 saturated carbocycles. The van der Waals surface area contributed by atoms with E-state index < -0.39 is 5.82 Å². The van der Waals surface area contributed by atoms with Crippen LogP contribution >= 0.6 is 0 Å². The van der Waals surface area contributed by atoms with Gasteiger partial charge in [-0.1, -0.05) is 48.6 Å². The summed E-state index contributed by atoms with van der Waals surface area (Å²) in [6.07, 6.45) is 10.6. The van der Waals surface area contributed by atoms with Gasteiger partial charge in [0.1, 0.15) is 11.5 Å². The second kappa shape index (κ2) is 7.65. The van der Waals surface area contributed by atoms with E-state index in [1.165, 1.54) is 17.0 Å². The minimum atomic E-state index is -0.454. The molecule has 2 aromatic rings. The van der Waals surface area contributed by atoms with E-state index in [9.17, 15) is 9.18 Å². The van der Waals surface area contributed by atoms with E-state index in [0.29, 0.717) is 40.6 Å². The van der Waals surface area contributed by atoms with Crippen molar-refractivity contribution in [1.29, 1.82) is 0 Å². The molecule has 0 fully saturated rings. The van der Waals surface area contributed by atoms with E-state index in [2.05, 4.69) is 4.99 Å². The molecule has 0 saturated heterocycles. The number of amidine groups is 1. The number of aliphatic imine (C=N–C) groups is 2. The highest BCUT2D eigenvalue weighted by molar-refractivity contribution is 6.48. The molecule has 5 rings (SSSR count). The minimum Gasteiger partial charge on any atom is -0.399 e. The van der Waals surface area contributed by atoms with Crippen molar-refractivity contribution in [3.05, 3.63) is 107 Å². The summed E-state index contributed by atoms with van der Waals surface area (Å²) in [5.41, 5.74) is 10.2. The van der Waals surface area contributed by atoms with E-state index in [4.69, 9.17) is 10.7 Å². The summed E-state index contributed by atoms with van der Waals surface area (Å²) in [6.45, 7) is 0. The molecule has 6 heteroatoms. The maximum Gasteiger partial charge on any atom is 0.282 e. The van der Waals surface area contributed by atoms with Gasteiger partial charge in [0.05, 0.1) is 11.4 Å². The molecule has 2 N–H and O–H groups in total. The van der Waals surface area contributed by atoms with Crippen LogP contribution in [0.5, 0.6) is 0 Å². The number of carbonyl (C=O) groups is 1. The Hall–Kier alpha value is -4.06. The van der Waals surface area contributed by atoms with E-state index in [1.54, 1.807) is 12.3 Å². The van der Waals surface area contributed by atoms with Gasteiger partial charge in [-0.15, -0.1) is 0 Å². The minimum absolute atomic E-state index is 0.231. The van der Waals surface area contributed by atoms with Crippen molar-refractivity contribution in [1.82, 2.24) is 4.90 Å². The van der Waals surface area contributed by atoms with Gasteiger partial charge in [-0.05, 0) is 41.8 Å². The first-order chi connectivity index (χ1) is 15.1. The smallest absolute Gasteiger partial charge is 0.282 e. The fraction of sp³-hybridized carbons (Fsp3) is 0.0800. The number of nitrogens with two attached hydrogens (primary N) is 1. The molecule has 2 aromatic carbocycles. The van der Waals surface area contributed by atoms with Gasteiger partial charge in [-0.3, -0.25) is 9.69 Å². The topological polar surface area (TPSA) is 71.0 Å². The third kappa shape index (κ3) is 3.75. The molecular weight excluding hydrogens is 391 g/mol. The van der Waals surface area contributed by atoms with Gasteiger partial charge < -0.3 is 5.73 Å².